The van der Waals surface area contributed by atoms with Crippen molar-refractivity contribution in [1.82, 2.24) is 4.58 Å². The number of hydrogen-bond donors (Lipinski definition) is 0. The van der Waals surface area contributed by atoms with Gasteiger partial charge in [-0.05, 0) is 43.7 Å². The van der Waals surface area contributed by atoms with Crippen LogP contribution in [0, 0.1) is 0 Å². The lowest BCUT2D eigenvalue weighted by atomic mass is 10.1. The first kappa shape index (κ1) is 12.9. The molecule has 3 rings (SSSR count). The molecule has 2 aromatic carbocycles. The SMILES string of the molecule is CC1=c2\cccc\c2=[N+](\C(C)C)C=c2cccc\c2=C\1. The van der Waals surface area contributed by atoms with Gasteiger partial charge >= 0.3 is 0 Å². The Balaban J connectivity index is 2.59. The van der Waals surface area contributed by atoms with Gasteiger partial charge < -0.3 is 0 Å². The maximum Gasteiger partial charge on any atom is 0.212 e. The molecule has 0 aliphatic carbocycles. The Bertz CT molecular complexity index is 886. The van der Waals surface area contributed by atoms with Crippen LogP contribution in [0.15, 0.2) is 48.5 Å². The Labute approximate surface area is 119 Å². The summed E-state index contributed by atoms with van der Waals surface area (Å²) in [6.45, 7) is 6.66. The van der Waals surface area contributed by atoms with E-state index in [2.05, 4.69) is 86.2 Å². The van der Waals surface area contributed by atoms with Gasteiger partial charge in [0, 0.05) is 16.5 Å². The highest BCUT2D eigenvalue weighted by atomic mass is 15.0. The molecule has 0 saturated heterocycles. The number of para-hydroxylation sites is 1. The summed E-state index contributed by atoms with van der Waals surface area (Å²) < 4.78 is 2.37. The average Bonchev–Trinajstić information content (AvgIpc) is 2.44. The Morgan fingerprint density at radius 3 is 2.25 bits per heavy atom. The van der Waals surface area contributed by atoms with Crippen molar-refractivity contribution in [2.24, 2.45) is 0 Å². The van der Waals surface area contributed by atoms with Crippen molar-refractivity contribution in [2.45, 2.75) is 26.8 Å². The molecule has 0 spiro atoms. The molecule has 20 heavy (non-hydrogen) atoms. The fourth-order valence-corrected chi connectivity index (χ4v) is 2.75. The summed E-state index contributed by atoms with van der Waals surface area (Å²) in [4.78, 5) is 0. The van der Waals surface area contributed by atoms with Gasteiger partial charge in [-0.3, -0.25) is 0 Å². The largest absolute Gasteiger partial charge is 0.212 e. The topological polar surface area (TPSA) is 3.01 Å². The average molecular weight is 262 g/mol. The number of nitrogens with zero attached hydrogens (tertiary/aromatic N) is 1. The minimum absolute atomic E-state index is 0.426. The third-order valence-electron chi connectivity index (χ3n) is 3.81. The van der Waals surface area contributed by atoms with Gasteiger partial charge in [-0.2, -0.15) is 4.58 Å². The third-order valence-corrected chi connectivity index (χ3v) is 3.81. The van der Waals surface area contributed by atoms with E-state index < -0.39 is 0 Å². The molecule has 1 heteroatoms. The van der Waals surface area contributed by atoms with E-state index in [0.29, 0.717) is 6.04 Å². The third kappa shape index (κ3) is 2.20. The fourth-order valence-electron chi connectivity index (χ4n) is 2.75. The van der Waals surface area contributed by atoms with Crippen LogP contribution in [0.25, 0.3) is 17.8 Å². The summed E-state index contributed by atoms with van der Waals surface area (Å²) in [7, 11) is 0. The summed E-state index contributed by atoms with van der Waals surface area (Å²) in [5, 5.41) is 5.15. The van der Waals surface area contributed by atoms with E-state index in [9.17, 15) is 0 Å². The Morgan fingerprint density at radius 1 is 0.850 bits per heavy atom. The monoisotopic (exact) mass is 262 g/mol. The molecular formula is C19H20N+. The highest BCUT2D eigenvalue weighted by molar-refractivity contribution is 5.74. The summed E-state index contributed by atoms with van der Waals surface area (Å²) in [5.74, 6) is 0. The van der Waals surface area contributed by atoms with Gasteiger partial charge in [-0.15, -0.1) is 0 Å². The molecule has 0 bridgehead atoms. The highest BCUT2D eigenvalue weighted by Gasteiger charge is 2.11. The molecule has 0 N–H and O–H groups in total. The number of fused-ring (bicyclic) bond motifs is 2. The predicted molar refractivity (Wildman–Crippen MR) is 85.8 cm³/mol. The van der Waals surface area contributed by atoms with Crippen LogP contribution < -0.4 is 25.6 Å². The van der Waals surface area contributed by atoms with E-state index >= 15 is 0 Å². The Kier molecular flexibility index (Phi) is 3.27. The van der Waals surface area contributed by atoms with Gasteiger partial charge in [0.15, 0.2) is 12.2 Å². The van der Waals surface area contributed by atoms with Crippen molar-refractivity contribution < 1.29 is 0 Å². The molecule has 0 atom stereocenters. The van der Waals surface area contributed by atoms with Crippen LogP contribution in [0.2, 0.25) is 0 Å². The first-order chi connectivity index (χ1) is 9.66. The Hall–Kier alpha value is -2.15. The molecule has 0 aromatic heterocycles. The zero-order chi connectivity index (χ0) is 14.1. The van der Waals surface area contributed by atoms with E-state index in [4.69, 9.17) is 0 Å². The standard InChI is InChI=1S/C19H20N/c1-14(2)20-13-17-9-5-4-8-16(17)12-15(3)18-10-6-7-11-19(18)20/h4-14H,1-3H3/q+1/b15-12?,16-12-,17-13?,18-15-,20-13?,20-19-. The quantitative estimate of drug-likeness (QED) is 0.674. The van der Waals surface area contributed by atoms with Gasteiger partial charge in [0.1, 0.15) is 0 Å². The molecule has 100 valence electrons. The van der Waals surface area contributed by atoms with Crippen LogP contribution in [0.4, 0.5) is 0 Å². The predicted octanol–water partition coefficient (Wildman–Crippen LogP) is 0.989. The van der Waals surface area contributed by atoms with E-state index in [1.54, 1.807) is 0 Å². The van der Waals surface area contributed by atoms with E-state index in [-0.39, 0.29) is 0 Å². The van der Waals surface area contributed by atoms with Crippen molar-refractivity contribution in [3.05, 3.63) is 69.5 Å². The fraction of sp³-hybridized carbons (Fsp3) is 0.211. The first-order valence-electron chi connectivity index (χ1n) is 7.17. The number of hydrogen-bond acceptors (Lipinski definition) is 0. The van der Waals surface area contributed by atoms with Crippen LogP contribution >= 0.6 is 0 Å². The molecule has 1 aliphatic rings. The van der Waals surface area contributed by atoms with Crippen LogP contribution in [-0.4, -0.2) is 6.04 Å². The maximum atomic E-state index is 2.37. The van der Waals surface area contributed by atoms with E-state index in [1.165, 1.54) is 26.6 Å². The minimum Gasteiger partial charge on any atom is -0.196 e. The summed E-state index contributed by atoms with van der Waals surface area (Å²) >= 11 is 0. The first-order valence-corrected chi connectivity index (χ1v) is 7.17. The molecular weight excluding hydrogens is 242 g/mol. The zero-order valence-corrected chi connectivity index (χ0v) is 12.3. The van der Waals surface area contributed by atoms with Crippen molar-refractivity contribution >= 4 is 17.8 Å². The van der Waals surface area contributed by atoms with E-state index in [1.807, 2.05) is 0 Å². The highest BCUT2D eigenvalue weighted by Crippen LogP contribution is 1.93. The molecule has 1 heterocycles. The van der Waals surface area contributed by atoms with Crippen molar-refractivity contribution in [3.8, 4) is 0 Å². The minimum atomic E-state index is 0.426. The lowest BCUT2D eigenvalue weighted by Gasteiger charge is -2.05. The number of benzene rings is 2. The Morgan fingerprint density at radius 2 is 1.50 bits per heavy atom. The second kappa shape index (κ2) is 5.09. The molecule has 0 radical (unpaired) electrons. The molecule has 0 amide bonds. The lowest BCUT2D eigenvalue weighted by molar-refractivity contribution is 0.624. The molecule has 1 nitrogen and oxygen atoms in total. The van der Waals surface area contributed by atoms with E-state index in [0.717, 1.165) is 0 Å². The summed E-state index contributed by atoms with van der Waals surface area (Å²) in [6.07, 6.45) is 4.55. The second-order valence-corrected chi connectivity index (χ2v) is 5.60. The van der Waals surface area contributed by atoms with Gasteiger partial charge in [0.25, 0.3) is 0 Å². The van der Waals surface area contributed by atoms with Crippen LogP contribution in [0.1, 0.15) is 20.8 Å². The lowest BCUT2D eigenvalue weighted by Crippen LogP contribution is -2.44. The summed E-state index contributed by atoms with van der Waals surface area (Å²) in [6, 6.07) is 17.6. The van der Waals surface area contributed by atoms with Crippen LogP contribution in [-0.2, 0) is 0 Å². The van der Waals surface area contributed by atoms with Crippen LogP contribution in [0.3, 0.4) is 0 Å². The van der Waals surface area contributed by atoms with Crippen molar-refractivity contribution in [1.29, 1.82) is 0 Å². The second-order valence-electron chi connectivity index (χ2n) is 5.60. The number of rotatable bonds is 1. The van der Waals surface area contributed by atoms with Crippen molar-refractivity contribution in [2.75, 3.05) is 0 Å². The van der Waals surface area contributed by atoms with Crippen LogP contribution in [0.5, 0.6) is 0 Å². The van der Waals surface area contributed by atoms with Gasteiger partial charge in [-0.25, -0.2) is 0 Å². The molecule has 0 saturated carbocycles. The normalized spacial score (nSPS) is 20.9. The maximum absolute atomic E-state index is 2.37. The van der Waals surface area contributed by atoms with Crippen molar-refractivity contribution in [3.63, 3.8) is 0 Å². The van der Waals surface area contributed by atoms with Gasteiger partial charge in [0.2, 0.25) is 5.36 Å². The molecule has 0 fully saturated rings. The molecule has 1 aliphatic heterocycles. The van der Waals surface area contributed by atoms with Gasteiger partial charge in [-0.1, -0.05) is 36.4 Å². The molecule has 2 aromatic rings. The van der Waals surface area contributed by atoms with Gasteiger partial charge in [0.05, 0.1) is 0 Å². The summed E-state index contributed by atoms with van der Waals surface area (Å²) in [5.41, 5.74) is 1.31. The zero-order valence-electron chi connectivity index (χ0n) is 12.3. The smallest absolute Gasteiger partial charge is 0.196 e. The molecule has 0 unspecified atom stereocenters.